The molecule has 3 aromatic heterocycles. The average Bonchev–Trinajstić information content (AvgIpc) is 3.21. The molecule has 5 rings (SSSR count). The van der Waals surface area contributed by atoms with Crippen LogP contribution in [0.2, 0.25) is 0 Å². The number of pyridine rings is 1. The first-order chi connectivity index (χ1) is 16.5. The van der Waals surface area contributed by atoms with Crippen LogP contribution in [0.4, 0.5) is 5.69 Å². The maximum Gasteiger partial charge on any atom is 0.256 e. The van der Waals surface area contributed by atoms with E-state index in [4.69, 9.17) is 4.74 Å². The Morgan fingerprint density at radius 2 is 1.80 bits per heavy atom. The van der Waals surface area contributed by atoms with Gasteiger partial charge in [-0.15, -0.1) is 0 Å². The van der Waals surface area contributed by atoms with Gasteiger partial charge in [-0.1, -0.05) is 25.6 Å². The van der Waals surface area contributed by atoms with E-state index < -0.39 is 0 Å². The zero-order chi connectivity index (χ0) is 23.7. The molecule has 0 spiro atoms. The molecule has 35 heavy (non-hydrogen) atoms. The van der Waals surface area contributed by atoms with E-state index in [1.165, 1.54) is 0 Å². The number of nitrogens with one attached hydrogen (secondary N) is 1. The number of fused-ring (bicyclic) bond motifs is 1. The van der Waals surface area contributed by atoms with Crippen LogP contribution in [0.25, 0.3) is 22.4 Å². The molecular formula is C27H26N6O2. The molecule has 0 bridgehead atoms. The van der Waals surface area contributed by atoms with Crippen LogP contribution < -0.4 is 10.1 Å². The number of hydrogen-bond acceptors (Lipinski definition) is 6. The molecule has 0 radical (unpaired) electrons. The first-order valence-electron chi connectivity index (χ1n) is 10.7. The van der Waals surface area contributed by atoms with Gasteiger partial charge in [0.1, 0.15) is 11.1 Å². The normalized spacial score (nSPS) is 10.6. The smallest absolute Gasteiger partial charge is 0.256 e. The van der Waals surface area contributed by atoms with Crippen LogP contribution in [0.3, 0.4) is 0 Å². The highest BCUT2D eigenvalue weighted by Crippen LogP contribution is 2.30. The minimum absolute atomic E-state index is 0. The number of amides is 1. The maximum atomic E-state index is 13.0. The van der Waals surface area contributed by atoms with Crippen LogP contribution in [-0.2, 0) is 7.05 Å². The van der Waals surface area contributed by atoms with E-state index in [1.54, 1.807) is 29.3 Å². The van der Waals surface area contributed by atoms with Crippen LogP contribution in [0.1, 0.15) is 28.9 Å². The lowest BCUT2D eigenvalue weighted by Gasteiger charge is -2.12. The number of aryl methyl sites for hydroxylation is 3. The van der Waals surface area contributed by atoms with Gasteiger partial charge in [0.2, 0.25) is 5.88 Å². The van der Waals surface area contributed by atoms with Gasteiger partial charge in [-0.05, 0) is 61.4 Å². The first-order valence-corrected chi connectivity index (χ1v) is 10.7. The van der Waals surface area contributed by atoms with Gasteiger partial charge >= 0.3 is 0 Å². The van der Waals surface area contributed by atoms with Gasteiger partial charge in [-0.25, -0.2) is 4.98 Å². The standard InChI is InChI=1S/C26H22N6O2.CH4/c1-16-5-4-6-19(13-16)28-25(33)21-14-20(8-7-17(21)2)34-26-22-15-32(3)31-24(22)29-23(30-26)18-9-11-27-12-10-18;/h4-15H,1-3H3,(H,28,33);1H4. The molecule has 3 heterocycles. The Kier molecular flexibility index (Phi) is 6.55. The molecule has 176 valence electrons. The molecule has 5 aromatic rings. The summed E-state index contributed by atoms with van der Waals surface area (Å²) in [4.78, 5) is 26.3. The Labute approximate surface area is 203 Å². The number of carbonyl (C=O) groups excluding carboxylic acids is 1. The third-order valence-electron chi connectivity index (χ3n) is 5.34. The van der Waals surface area contributed by atoms with E-state index in [9.17, 15) is 4.79 Å². The molecule has 0 saturated heterocycles. The van der Waals surface area contributed by atoms with E-state index in [2.05, 4.69) is 25.4 Å². The summed E-state index contributed by atoms with van der Waals surface area (Å²) >= 11 is 0. The minimum Gasteiger partial charge on any atom is -0.438 e. The summed E-state index contributed by atoms with van der Waals surface area (Å²) in [5.41, 5.74) is 4.49. The Balaban J connectivity index is 0.00000289. The summed E-state index contributed by atoms with van der Waals surface area (Å²) in [6.07, 6.45) is 5.17. The van der Waals surface area contributed by atoms with Crippen molar-refractivity contribution in [3.05, 3.63) is 89.9 Å². The minimum atomic E-state index is -0.208. The van der Waals surface area contributed by atoms with Crippen molar-refractivity contribution in [2.75, 3.05) is 5.32 Å². The second-order valence-electron chi connectivity index (χ2n) is 8.03. The van der Waals surface area contributed by atoms with E-state index in [0.29, 0.717) is 34.1 Å². The van der Waals surface area contributed by atoms with Crippen molar-refractivity contribution in [2.45, 2.75) is 21.3 Å². The van der Waals surface area contributed by atoms with Gasteiger partial charge in [-0.2, -0.15) is 10.1 Å². The van der Waals surface area contributed by atoms with Gasteiger partial charge in [0.15, 0.2) is 11.5 Å². The second kappa shape index (κ2) is 9.72. The van der Waals surface area contributed by atoms with Crippen molar-refractivity contribution >= 4 is 22.6 Å². The number of nitrogens with zero attached hydrogens (tertiary/aromatic N) is 5. The van der Waals surface area contributed by atoms with Crippen molar-refractivity contribution < 1.29 is 9.53 Å². The predicted octanol–water partition coefficient (Wildman–Crippen LogP) is 5.72. The van der Waals surface area contributed by atoms with Crippen molar-refractivity contribution in [2.24, 2.45) is 7.05 Å². The average molecular weight is 467 g/mol. The number of carbonyl (C=O) groups is 1. The molecule has 0 unspecified atom stereocenters. The number of aromatic nitrogens is 5. The summed E-state index contributed by atoms with van der Waals surface area (Å²) in [5, 5.41) is 8.05. The quantitative estimate of drug-likeness (QED) is 0.356. The predicted molar refractivity (Wildman–Crippen MR) is 137 cm³/mol. The van der Waals surface area contributed by atoms with Gasteiger partial charge in [0.25, 0.3) is 5.91 Å². The Morgan fingerprint density at radius 1 is 1.00 bits per heavy atom. The topological polar surface area (TPSA) is 94.8 Å². The maximum absolute atomic E-state index is 13.0. The lowest BCUT2D eigenvalue weighted by atomic mass is 10.1. The molecule has 0 saturated carbocycles. The summed E-state index contributed by atoms with van der Waals surface area (Å²) in [5.74, 6) is 1.12. The van der Waals surface area contributed by atoms with Crippen LogP contribution in [0.15, 0.2) is 73.2 Å². The van der Waals surface area contributed by atoms with E-state index in [0.717, 1.165) is 22.4 Å². The largest absolute Gasteiger partial charge is 0.438 e. The fourth-order valence-electron chi connectivity index (χ4n) is 3.64. The third kappa shape index (κ3) is 5.01. The van der Waals surface area contributed by atoms with Gasteiger partial charge in [-0.3, -0.25) is 14.5 Å². The Hall–Kier alpha value is -4.59. The van der Waals surface area contributed by atoms with E-state index in [-0.39, 0.29) is 13.3 Å². The molecule has 0 aliphatic rings. The Morgan fingerprint density at radius 3 is 2.57 bits per heavy atom. The highest BCUT2D eigenvalue weighted by molar-refractivity contribution is 6.05. The van der Waals surface area contributed by atoms with Crippen molar-refractivity contribution in [3.63, 3.8) is 0 Å². The summed E-state index contributed by atoms with van der Waals surface area (Å²) < 4.78 is 7.85. The molecule has 8 heteroatoms. The highest BCUT2D eigenvalue weighted by Gasteiger charge is 2.16. The molecule has 0 aliphatic carbocycles. The monoisotopic (exact) mass is 466 g/mol. The molecule has 8 nitrogen and oxygen atoms in total. The van der Waals surface area contributed by atoms with E-state index >= 15 is 0 Å². The summed E-state index contributed by atoms with van der Waals surface area (Å²) in [6.45, 7) is 3.87. The SMILES string of the molecule is C.Cc1cccc(NC(=O)c2cc(Oc3nc(-c4ccncc4)nc4nn(C)cc34)ccc2C)c1. The summed E-state index contributed by atoms with van der Waals surface area (Å²) in [7, 11) is 1.82. The molecule has 1 amide bonds. The highest BCUT2D eigenvalue weighted by atomic mass is 16.5. The second-order valence-corrected chi connectivity index (χ2v) is 8.03. The van der Waals surface area contributed by atoms with Crippen molar-refractivity contribution in [1.82, 2.24) is 24.7 Å². The van der Waals surface area contributed by atoms with Crippen LogP contribution in [-0.4, -0.2) is 30.6 Å². The van der Waals surface area contributed by atoms with Gasteiger partial charge in [0, 0.05) is 42.5 Å². The Bertz CT molecular complexity index is 1510. The molecule has 2 aromatic carbocycles. The van der Waals surface area contributed by atoms with Gasteiger partial charge in [0.05, 0.1) is 0 Å². The molecular weight excluding hydrogens is 440 g/mol. The van der Waals surface area contributed by atoms with Gasteiger partial charge < -0.3 is 10.1 Å². The molecule has 0 aliphatic heterocycles. The fraction of sp³-hybridized carbons (Fsp3) is 0.148. The van der Waals surface area contributed by atoms with Crippen LogP contribution >= 0.6 is 0 Å². The zero-order valence-electron chi connectivity index (χ0n) is 19.0. The number of anilines is 1. The lowest BCUT2D eigenvalue weighted by molar-refractivity contribution is 0.102. The number of hydrogen-bond donors (Lipinski definition) is 1. The molecule has 0 atom stereocenters. The van der Waals surface area contributed by atoms with Crippen LogP contribution in [0.5, 0.6) is 11.6 Å². The zero-order valence-corrected chi connectivity index (χ0v) is 19.0. The number of ether oxygens (including phenoxy) is 1. The lowest BCUT2D eigenvalue weighted by Crippen LogP contribution is -2.13. The van der Waals surface area contributed by atoms with E-state index in [1.807, 2.05) is 69.4 Å². The molecule has 0 fully saturated rings. The number of benzene rings is 2. The van der Waals surface area contributed by atoms with Crippen molar-refractivity contribution in [1.29, 1.82) is 0 Å². The first kappa shape index (κ1) is 23.6. The van der Waals surface area contributed by atoms with Crippen LogP contribution in [0, 0.1) is 13.8 Å². The fourth-order valence-corrected chi connectivity index (χ4v) is 3.64. The third-order valence-corrected chi connectivity index (χ3v) is 5.34. The molecule has 1 N–H and O–H groups in total. The number of rotatable bonds is 5. The van der Waals surface area contributed by atoms with Crippen molar-refractivity contribution in [3.8, 4) is 23.0 Å². The summed E-state index contributed by atoms with van der Waals surface area (Å²) in [6, 6.07) is 16.7.